The van der Waals surface area contributed by atoms with E-state index in [1.165, 1.54) is 0 Å². The van der Waals surface area contributed by atoms with Crippen LogP contribution in [0.25, 0.3) is 0 Å². The minimum absolute atomic E-state index is 0.0183. The van der Waals surface area contributed by atoms with Crippen LogP contribution in [0.5, 0.6) is 0 Å². The van der Waals surface area contributed by atoms with Crippen LogP contribution in [0.1, 0.15) is 12.8 Å². The molecule has 0 bridgehead atoms. The molecule has 1 saturated heterocycles. The SMILES string of the molecule is O=C(O)CN1CC[C@H](O)[C@H](CCF)C1. The van der Waals surface area contributed by atoms with Gasteiger partial charge in [0.15, 0.2) is 0 Å². The molecular formula is C9H16FNO3. The van der Waals surface area contributed by atoms with E-state index in [2.05, 4.69) is 0 Å². The number of carboxylic acid groups (broad SMARTS) is 1. The Morgan fingerprint density at radius 2 is 2.29 bits per heavy atom. The Labute approximate surface area is 82.3 Å². The topological polar surface area (TPSA) is 60.8 Å². The molecule has 1 aliphatic rings. The third-order valence-corrected chi connectivity index (χ3v) is 2.62. The average molecular weight is 205 g/mol. The molecule has 5 heteroatoms. The first-order valence-corrected chi connectivity index (χ1v) is 4.81. The molecule has 82 valence electrons. The number of aliphatic hydroxyl groups is 1. The number of aliphatic carboxylic acids is 1. The molecule has 1 heterocycles. The molecule has 14 heavy (non-hydrogen) atoms. The number of hydrogen-bond acceptors (Lipinski definition) is 3. The largest absolute Gasteiger partial charge is 0.480 e. The molecule has 0 radical (unpaired) electrons. The number of aliphatic hydroxyl groups excluding tert-OH is 1. The van der Waals surface area contributed by atoms with Crippen LogP contribution in [0.2, 0.25) is 0 Å². The van der Waals surface area contributed by atoms with Gasteiger partial charge in [-0.05, 0) is 12.8 Å². The van der Waals surface area contributed by atoms with Crippen molar-refractivity contribution in [3.8, 4) is 0 Å². The van der Waals surface area contributed by atoms with Crippen molar-refractivity contribution in [2.75, 3.05) is 26.3 Å². The zero-order chi connectivity index (χ0) is 10.6. The standard InChI is InChI=1S/C9H16FNO3/c10-3-1-7-5-11(6-9(13)14)4-2-8(7)12/h7-8,12H,1-6H2,(H,13,14)/t7-,8+/m1/s1. The van der Waals surface area contributed by atoms with Gasteiger partial charge in [-0.2, -0.15) is 0 Å². The summed E-state index contributed by atoms with van der Waals surface area (Å²) in [5, 5.41) is 18.1. The lowest BCUT2D eigenvalue weighted by atomic mass is 9.92. The van der Waals surface area contributed by atoms with Crippen molar-refractivity contribution in [1.29, 1.82) is 0 Å². The first-order chi connectivity index (χ1) is 6.63. The summed E-state index contributed by atoms with van der Waals surface area (Å²) in [5.41, 5.74) is 0. The predicted octanol–water partition coefficient (Wildman–Crippen LogP) is 0.113. The van der Waals surface area contributed by atoms with E-state index in [0.717, 1.165) is 0 Å². The number of nitrogens with zero attached hydrogens (tertiary/aromatic N) is 1. The number of carboxylic acids is 1. The van der Waals surface area contributed by atoms with Crippen molar-refractivity contribution < 1.29 is 19.4 Å². The van der Waals surface area contributed by atoms with E-state index in [9.17, 15) is 14.3 Å². The summed E-state index contributed by atoms with van der Waals surface area (Å²) in [6.45, 7) is 0.589. The van der Waals surface area contributed by atoms with Crippen molar-refractivity contribution in [1.82, 2.24) is 4.90 Å². The van der Waals surface area contributed by atoms with Crippen LogP contribution in [0.3, 0.4) is 0 Å². The van der Waals surface area contributed by atoms with E-state index < -0.39 is 18.7 Å². The fourth-order valence-electron chi connectivity index (χ4n) is 1.85. The second-order valence-corrected chi connectivity index (χ2v) is 3.72. The highest BCUT2D eigenvalue weighted by Gasteiger charge is 2.28. The van der Waals surface area contributed by atoms with Gasteiger partial charge in [-0.15, -0.1) is 0 Å². The molecule has 0 aromatic carbocycles. The lowest BCUT2D eigenvalue weighted by molar-refractivity contribution is -0.139. The summed E-state index contributed by atoms with van der Waals surface area (Å²) in [4.78, 5) is 12.2. The molecule has 0 aromatic heterocycles. The van der Waals surface area contributed by atoms with Crippen LogP contribution in [-0.2, 0) is 4.79 Å². The molecule has 2 N–H and O–H groups in total. The van der Waals surface area contributed by atoms with Crippen molar-refractivity contribution in [2.45, 2.75) is 18.9 Å². The number of hydrogen-bond donors (Lipinski definition) is 2. The van der Waals surface area contributed by atoms with Gasteiger partial charge in [-0.3, -0.25) is 14.1 Å². The molecule has 1 fully saturated rings. The third kappa shape index (κ3) is 3.23. The van der Waals surface area contributed by atoms with Crippen LogP contribution >= 0.6 is 0 Å². The fourth-order valence-corrected chi connectivity index (χ4v) is 1.85. The molecule has 4 nitrogen and oxygen atoms in total. The average Bonchev–Trinajstić information content (AvgIpc) is 2.10. The summed E-state index contributed by atoms with van der Waals surface area (Å²) in [6.07, 6.45) is 0.380. The van der Waals surface area contributed by atoms with Gasteiger partial charge in [-0.25, -0.2) is 0 Å². The van der Waals surface area contributed by atoms with Crippen LogP contribution in [-0.4, -0.2) is 53.5 Å². The van der Waals surface area contributed by atoms with Gasteiger partial charge in [0.2, 0.25) is 0 Å². The molecule has 1 rings (SSSR count). The third-order valence-electron chi connectivity index (χ3n) is 2.62. The van der Waals surface area contributed by atoms with Crippen molar-refractivity contribution in [3.05, 3.63) is 0 Å². The second-order valence-electron chi connectivity index (χ2n) is 3.72. The van der Waals surface area contributed by atoms with E-state index in [0.29, 0.717) is 25.9 Å². The second kappa shape index (κ2) is 5.26. The summed E-state index contributed by atoms with van der Waals surface area (Å²) < 4.78 is 12.1. The fraction of sp³-hybridized carbons (Fsp3) is 0.889. The summed E-state index contributed by atoms with van der Waals surface area (Å²) in [7, 11) is 0. The van der Waals surface area contributed by atoms with Crippen LogP contribution in [0, 0.1) is 5.92 Å². The number of carbonyl (C=O) groups is 1. The van der Waals surface area contributed by atoms with Gasteiger partial charge in [0.1, 0.15) is 0 Å². The van der Waals surface area contributed by atoms with E-state index in [4.69, 9.17) is 5.11 Å². The number of rotatable bonds is 4. The van der Waals surface area contributed by atoms with Crippen LogP contribution in [0.4, 0.5) is 4.39 Å². The van der Waals surface area contributed by atoms with Crippen LogP contribution < -0.4 is 0 Å². The van der Waals surface area contributed by atoms with Crippen LogP contribution in [0.15, 0.2) is 0 Å². The van der Waals surface area contributed by atoms with E-state index >= 15 is 0 Å². The molecule has 0 aliphatic carbocycles. The first kappa shape index (κ1) is 11.4. The Morgan fingerprint density at radius 3 is 2.86 bits per heavy atom. The number of alkyl halides is 1. The normalized spacial score (nSPS) is 29.0. The Balaban J connectivity index is 2.40. The molecule has 0 aromatic rings. The van der Waals surface area contributed by atoms with Gasteiger partial charge in [-0.1, -0.05) is 0 Å². The summed E-state index contributed by atoms with van der Waals surface area (Å²) in [5.74, 6) is -0.992. The number of likely N-dealkylation sites (tertiary alicyclic amines) is 1. The Morgan fingerprint density at radius 1 is 1.57 bits per heavy atom. The maximum absolute atomic E-state index is 12.1. The minimum atomic E-state index is -0.875. The van der Waals surface area contributed by atoms with E-state index in [-0.39, 0.29) is 12.5 Å². The maximum Gasteiger partial charge on any atom is 0.317 e. The van der Waals surface area contributed by atoms with Gasteiger partial charge in [0.05, 0.1) is 19.3 Å². The highest BCUT2D eigenvalue weighted by Crippen LogP contribution is 2.20. The molecule has 1 aliphatic heterocycles. The predicted molar refractivity (Wildman–Crippen MR) is 48.8 cm³/mol. The Bertz CT molecular complexity index is 200. The monoisotopic (exact) mass is 205 g/mol. The lowest BCUT2D eigenvalue weighted by Crippen LogP contribution is -2.45. The van der Waals surface area contributed by atoms with Gasteiger partial charge in [0, 0.05) is 19.0 Å². The quantitative estimate of drug-likeness (QED) is 0.684. The number of halogens is 1. The first-order valence-electron chi connectivity index (χ1n) is 4.81. The van der Waals surface area contributed by atoms with Gasteiger partial charge in [0.25, 0.3) is 0 Å². The van der Waals surface area contributed by atoms with E-state index in [1.807, 2.05) is 0 Å². The maximum atomic E-state index is 12.1. The van der Waals surface area contributed by atoms with Crippen molar-refractivity contribution in [2.24, 2.45) is 5.92 Å². The number of piperidine rings is 1. The van der Waals surface area contributed by atoms with Crippen molar-refractivity contribution in [3.63, 3.8) is 0 Å². The zero-order valence-corrected chi connectivity index (χ0v) is 8.03. The molecular weight excluding hydrogens is 189 g/mol. The molecule has 0 unspecified atom stereocenters. The molecule has 0 saturated carbocycles. The van der Waals surface area contributed by atoms with E-state index in [1.54, 1.807) is 4.90 Å². The highest BCUT2D eigenvalue weighted by atomic mass is 19.1. The van der Waals surface area contributed by atoms with Crippen molar-refractivity contribution >= 4 is 5.97 Å². The molecule has 0 spiro atoms. The molecule has 0 amide bonds. The Kier molecular flexibility index (Phi) is 4.28. The lowest BCUT2D eigenvalue weighted by Gasteiger charge is -2.34. The molecule has 2 atom stereocenters. The smallest absolute Gasteiger partial charge is 0.317 e. The zero-order valence-electron chi connectivity index (χ0n) is 8.03. The minimum Gasteiger partial charge on any atom is -0.480 e. The summed E-state index contributed by atoms with van der Waals surface area (Å²) in [6, 6.07) is 0. The Hall–Kier alpha value is -0.680. The highest BCUT2D eigenvalue weighted by molar-refractivity contribution is 5.69. The van der Waals surface area contributed by atoms with Gasteiger partial charge >= 0.3 is 5.97 Å². The summed E-state index contributed by atoms with van der Waals surface area (Å²) >= 11 is 0. The van der Waals surface area contributed by atoms with Gasteiger partial charge < -0.3 is 10.2 Å².